The van der Waals surface area contributed by atoms with E-state index in [0.29, 0.717) is 5.92 Å². The lowest BCUT2D eigenvalue weighted by atomic mass is 9.73. The fourth-order valence-electron chi connectivity index (χ4n) is 3.85. The van der Waals surface area contributed by atoms with Crippen molar-refractivity contribution in [1.29, 1.82) is 0 Å². The van der Waals surface area contributed by atoms with Crippen LogP contribution in [0.2, 0.25) is 5.02 Å². The summed E-state index contributed by atoms with van der Waals surface area (Å²) in [7, 11) is 0. The summed E-state index contributed by atoms with van der Waals surface area (Å²) in [6, 6.07) is 14.6. The molecule has 0 saturated heterocycles. The van der Waals surface area contributed by atoms with Gasteiger partial charge in [0.25, 0.3) is 0 Å². The fraction of sp³-hybridized carbons (Fsp3) is 0.429. The number of hydrogen-bond acceptors (Lipinski definition) is 1. The Morgan fingerprint density at radius 1 is 1.09 bits per heavy atom. The highest BCUT2D eigenvalue weighted by Crippen LogP contribution is 2.43. The van der Waals surface area contributed by atoms with E-state index >= 15 is 0 Å². The molecule has 1 aliphatic carbocycles. The van der Waals surface area contributed by atoms with E-state index in [4.69, 9.17) is 11.6 Å². The molecule has 3 rings (SSSR count). The summed E-state index contributed by atoms with van der Waals surface area (Å²) >= 11 is 5.96. The second kappa shape index (κ2) is 6.67. The average Bonchev–Trinajstić information content (AvgIpc) is 2.56. The first-order valence-corrected chi connectivity index (χ1v) is 8.97. The molecule has 0 amide bonds. The highest BCUT2D eigenvalue weighted by atomic mass is 35.5. The van der Waals surface area contributed by atoms with E-state index in [-0.39, 0.29) is 0 Å². The van der Waals surface area contributed by atoms with Gasteiger partial charge in [0.05, 0.1) is 5.60 Å². The number of aliphatic hydroxyl groups is 1. The molecule has 1 nitrogen and oxygen atoms in total. The van der Waals surface area contributed by atoms with Crippen molar-refractivity contribution >= 4 is 11.6 Å². The SMILES string of the molecule is CCc1ccc(C2CCC(O)(c3ccc(Cl)cc3)CC2)cc1C. The molecule has 0 spiro atoms. The molecule has 23 heavy (non-hydrogen) atoms. The first-order chi connectivity index (χ1) is 11.0. The van der Waals surface area contributed by atoms with Crippen LogP contribution in [0.1, 0.15) is 60.8 Å². The third-order valence-electron chi connectivity index (χ3n) is 5.41. The van der Waals surface area contributed by atoms with Crippen molar-refractivity contribution in [3.63, 3.8) is 0 Å². The minimum absolute atomic E-state index is 0.562. The van der Waals surface area contributed by atoms with Gasteiger partial charge in [-0.1, -0.05) is 48.9 Å². The van der Waals surface area contributed by atoms with Gasteiger partial charge in [0.1, 0.15) is 0 Å². The quantitative estimate of drug-likeness (QED) is 0.759. The number of rotatable bonds is 3. The first kappa shape index (κ1) is 16.5. The van der Waals surface area contributed by atoms with Gasteiger partial charge in [0.2, 0.25) is 0 Å². The first-order valence-electron chi connectivity index (χ1n) is 8.59. The van der Waals surface area contributed by atoms with Crippen molar-refractivity contribution in [1.82, 2.24) is 0 Å². The van der Waals surface area contributed by atoms with Crippen molar-refractivity contribution in [2.75, 3.05) is 0 Å². The molecule has 0 radical (unpaired) electrons. The normalized spacial score (nSPS) is 24.6. The molecule has 0 atom stereocenters. The van der Waals surface area contributed by atoms with Crippen LogP contribution in [0.25, 0.3) is 0 Å². The molecule has 2 aromatic carbocycles. The topological polar surface area (TPSA) is 20.2 Å². The summed E-state index contributed by atoms with van der Waals surface area (Å²) in [5.74, 6) is 0.562. The molecule has 0 unspecified atom stereocenters. The Kier molecular flexibility index (Phi) is 4.79. The van der Waals surface area contributed by atoms with Crippen molar-refractivity contribution < 1.29 is 5.11 Å². The van der Waals surface area contributed by atoms with Crippen LogP contribution in [-0.4, -0.2) is 5.11 Å². The Morgan fingerprint density at radius 3 is 2.30 bits per heavy atom. The van der Waals surface area contributed by atoms with Crippen LogP contribution in [0.5, 0.6) is 0 Å². The number of benzene rings is 2. The van der Waals surface area contributed by atoms with E-state index < -0.39 is 5.60 Å². The Labute approximate surface area is 144 Å². The monoisotopic (exact) mass is 328 g/mol. The van der Waals surface area contributed by atoms with Gasteiger partial charge in [-0.3, -0.25) is 0 Å². The summed E-state index contributed by atoms with van der Waals surface area (Å²) in [5, 5.41) is 11.7. The predicted molar refractivity (Wildman–Crippen MR) is 97.1 cm³/mol. The second-order valence-electron chi connectivity index (χ2n) is 6.85. The molecular formula is C21H25ClO. The van der Waals surface area contributed by atoms with Crippen LogP contribution >= 0.6 is 11.6 Å². The van der Waals surface area contributed by atoms with Crippen molar-refractivity contribution in [2.45, 2.75) is 57.5 Å². The third kappa shape index (κ3) is 3.46. The molecule has 2 heteroatoms. The van der Waals surface area contributed by atoms with Crippen LogP contribution in [-0.2, 0) is 12.0 Å². The molecule has 1 fully saturated rings. The van der Waals surface area contributed by atoms with Gasteiger partial charge in [0.15, 0.2) is 0 Å². The van der Waals surface area contributed by atoms with Crippen LogP contribution in [0.15, 0.2) is 42.5 Å². The van der Waals surface area contributed by atoms with Crippen LogP contribution in [0, 0.1) is 6.92 Å². The molecule has 0 aliphatic heterocycles. The highest BCUT2D eigenvalue weighted by molar-refractivity contribution is 6.30. The molecule has 1 aliphatic rings. The van der Waals surface area contributed by atoms with Gasteiger partial charge in [-0.2, -0.15) is 0 Å². The molecule has 0 heterocycles. The maximum atomic E-state index is 11.0. The lowest BCUT2D eigenvalue weighted by Gasteiger charge is -2.37. The fourth-order valence-corrected chi connectivity index (χ4v) is 3.97. The van der Waals surface area contributed by atoms with E-state index in [1.54, 1.807) is 0 Å². The second-order valence-corrected chi connectivity index (χ2v) is 7.29. The third-order valence-corrected chi connectivity index (χ3v) is 5.67. The Balaban J connectivity index is 1.72. The molecule has 2 aromatic rings. The van der Waals surface area contributed by atoms with E-state index in [1.165, 1.54) is 16.7 Å². The predicted octanol–water partition coefficient (Wildman–Crippen LogP) is 5.76. The molecule has 1 saturated carbocycles. The highest BCUT2D eigenvalue weighted by Gasteiger charge is 2.35. The van der Waals surface area contributed by atoms with Crippen molar-refractivity contribution in [2.24, 2.45) is 0 Å². The van der Waals surface area contributed by atoms with Gasteiger partial charge < -0.3 is 5.11 Å². The summed E-state index contributed by atoms with van der Waals surface area (Å²) < 4.78 is 0. The van der Waals surface area contributed by atoms with Gasteiger partial charge in [-0.05, 0) is 79.3 Å². The van der Waals surface area contributed by atoms with Gasteiger partial charge in [-0.25, -0.2) is 0 Å². The smallest absolute Gasteiger partial charge is 0.0897 e. The largest absolute Gasteiger partial charge is 0.385 e. The number of hydrogen-bond donors (Lipinski definition) is 1. The van der Waals surface area contributed by atoms with Gasteiger partial charge in [-0.15, -0.1) is 0 Å². The van der Waals surface area contributed by atoms with Crippen LogP contribution in [0.3, 0.4) is 0 Å². The molecule has 122 valence electrons. The summed E-state index contributed by atoms with van der Waals surface area (Å²) in [5.41, 5.74) is 4.56. The lowest BCUT2D eigenvalue weighted by Crippen LogP contribution is -2.30. The zero-order valence-corrected chi connectivity index (χ0v) is 14.7. The summed E-state index contributed by atoms with van der Waals surface area (Å²) in [4.78, 5) is 0. The Bertz CT molecular complexity index is 667. The zero-order valence-electron chi connectivity index (χ0n) is 14.0. The van der Waals surface area contributed by atoms with E-state index in [1.807, 2.05) is 24.3 Å². The zero-order chi connectivity index (χ0) is 16.4. The lowest BCUT2D eigenvalue weighted by molar-refractivity contribution is -0.00566. The maximum Gasteiger partial charge on any atom is 0.0897 e. The van der Waals surface area contributed by atoms with Gasteiger partial charge >= 0.3 is 0 Å². The standard InChI is InChI=1S/C21H25ClO/c1-3-16-4-5-18(14-15(16)2)17-10-12-21(23,13-11-17)19-6-8-20(22)9-7-19/h4-9,14,17,23H,3,10-13H2,1-2H3. The van der Waals surface area contributed by atoms with Gasteiger partial charge in [0, 0.05) is 5.02 Å². The van der Waals surface area contributed by atoms with E-state index in [0.717, 1.165) is 42.7 Å². The molecule has 0 aromatic heterocycles. The van der Waals surface area contributed by atoms with Crippen LogP contribution < -0.4 is 0 Å². The maximum absolute atomic E-state index is 11.0. The minimum Gasteiger partial charge on any atom is -0.385 e. The summed E-state index contributed by atoms with van der Waals surface area (Å²) in [6.07, 6.45) is 4.78. The van der Waals surface area contributed by atoms with E-state index in [2.05, 4.69) is 32.0 Å². The average molecular weight is 329 g/mol. The summed E-state index contributed by atoms with van der Waals surface area (Å²) in [6.45, 7) is 4.41. The van der Waals surface area contributed by atoms with E-state index in [9.17, 15) is 5.11 Å². The number of aryl methyl sites for hydroxylation is 2. The number of halogens is 1. The molecule has 1 N–H and O–H groups in total. The molecule has 0 bridgehead atoms. The molecular weight excluding hydrogens is 304 g/mol. The van der Waals surface area contributed by atoms with Crippen molar-refractivity contribution in [3.8, 4) is 0 Å². The van der Waals surface area contributed by atoms with Crippen molar-refractivity contribution in [3.05, 3.63) is 69.7 Å². The Morgan fingerprint density at radius 2 is 1.74 bits per heavy atom. The minimum atomic E-state index is -0.695. The van der Waals surface area contributed by atoms with Crippen LogP contribution in [0.4, 0.5) is 0 Å². The Hall–Kier alpha value is -1.31.